The first-order valence-corrected chi connectivity index (χ1v) is 22.5. The van der Waals surface area contributed by atoms with Crippen LogP contribution in [0.4, 0.5) is 15.3 Å². The van der Waals surface area contributed by atoms with Crippen LogP contribution in [-0.2, 0) is 25.9 Å². The molecule has 0 bridgehead atoms. The van der Waals surface area contributed by atoms with Gasteiger partial charge in [-0.2, -0.15) is 0 Å². The molecule has 12 heteroatoms. The third-order valence-corrected chi connectivity index (χ3v) is 14.9. The molecule has 0 spiro atoms. The lowest BCUT2D eigenvalue weighted by Crippen LogP contribution is -2.59. The number of anilines is 1. The van der Waals surface area contributed by atoms with E-state index in [9.17, 15) is 19.5 Å². The topological polar surface area (TPSA) is 153 Å². The number of carboxylic acid groups (broad SMARTS) is 1. The van der Waals surface area contributed by atoms with Crippen molar-refractivity contribution in [2.45, 2.75) is 137 Å². The van der Waals surface area contributed by atoms with Crippen LogP contribution in [-0.4, -0.2) is 67.5 Å². The molecule has 11 nitrogen and oxygen atoms in total. The van der Waals surface area contributed by atoms with E-state index in [0.717, 1.165) is 50.8 Å². The highest BCUT2D eigenvalue weighted by Crippen LogP contribution is 2.51. The second-order valence-corrected chi connectivity index (χ2v) is 22.9. The Morgan fingerprint density at radius 3 is 2.02 bits per heavy atom. The highest BCUT2D eigenvalue weighted by atomic mass is 28.4. The van der Waals surface area contributed by atoms with Crippen molar-refractivity contribution in [3.63, 3.8) is 0 Å². The molecular weight excluding hydrogens is 715 g/mol. The van der Waals surface area contributed by atoms with Gasteiger partial charge in [0.2, 0.25) is 5.56 Å². The highest BCUT2D eigenvalue weighted by Gasteiger charge is 2.53. The summed E-state index contributed by atoms with van der Waals surface area (Å²) in [7, 11) is -2.60. The van der Waals surface area contributed by atoms with Crippen molar-refractivity contribution in [3.8, 4) is 5.75 Å². The lowest BCUT2D eigenvalue weighted by molar-refractivity contribution is -0.0695. The summed E-state index contributed by atoms with van der Waals surface area (Å²) >= 11 is 0. The van der Waals surface area contributed by atoms with E-state index in [2.05, 4.69) is 71.8 Å². The second-order valence-electron chi connectivity index (χ2n) is 18.2. The largest absolute Gasteiger partial charge is 0.514 e. The second kappa shape index (κ2) is 18.8. The van der Waals surface area contributed by atoms with Crippen LogP contribution in [0.5, 0.6) is 5.75 Å². The molecule has 1 heterocycles. The predicted octanol–water partition coefficient (Wildman–Crippen LogP) is 10.3. The van der Waals surface area contributed by atoms with Crippen LogP contribution in [0, 0.1) is 5.41 Å². The summed E-state index contributed by atoms with van der Waals surface area (Å²) in [6.07, 6.45) is 4.51. The molecule has 0 aliphatic carbocycles. The molecule has 1 aromatic heterocycles. The standard InChI is InChI=1S/C43H67N3O8Si/c1-40(2,3)43(54-55(10,11)42(7,8)9,34-24-25-35(52-39(50)53-41(4,5)6)37-33(34)23-26-36(47)45-37)30-46(38(48)49)27-15-12-13-16-28-51-29-17-14-18-31-19-21-32(44)22-20-31/h19-26H,12-18,27-30,44H2,1-11H3,(H,45,47)(H,48,49)/t43-/m0/s1. The molecule has 1 atom stereocenters. The number of ether oxygens (including phenoxy) is 3. The number of nitrogens with one attached hydrogen (secondary N) is 1. The van der Waals surface area contributed by atoms with E-state index in [-0.39, 0.29) is 22.9 Å². The lowest BCUT2D eigenvalue weighted by Gasteiger charge is -2.53. The Bertz CT molecular complexity index is 1770. The van der Waals surface area contributed by atoms with Gasteiger partial charge in [-0.05, 0) is 112 Å². The van der Waals surface area contributed by atoms with Gasteiger partial charge in [-0.3, -0.25) is 4.79 Å². The average Bonchev–Trinajstić information content (AvgIpc) is 3.05. The van der Waals surface area contributed by atoms with E-state index >= 15 is 0 Å². The van der Waals surface area contributed by atoms with Crippen molar-refractivity contribution in [1.82, 2.24) is 9.88 Å². The quantitative estimate of drug-likeness (QED) is 0.0376. The van der Waals surface area contributed by atoms with Gasteiger partial charge in [0.15, 0.2) is 14.1 Å². The number of unbranched alkanes of at least 4 members (excludes halogenated alkanes) is 4. The van der Waals surface area contributed by atoms with Gasteiger partial charge in [0.05, 0.1) is 12.1 Å². The van der Waals surface area contributed by atoms with E-state index in [1.807, 2.05) is 18.2 Å². The number of carbonyl (C=O) groups excluding carboxylic acids is 1. The third-order valence-electron chi connectivity index (χ3n) is 10.5. The van der Waals surface area contributed by atoms with Crippen LogP contribution >= 0.6 is 0 Å². The molecule has 0 fully saturated rings. The first-order valence-electron chi connectivity index (χ1n) is 19.6. The Balaban J connectivity index is 1.83. The summed E-state index contributed by atoms with van der Waals surface area (Å²) in [5.41, 5.74) is 5.86. The molecule has 3 rings (SSSR count). The Morgan fingerprint density at radius 2 is 1.44 bits per heavy atom. The summed E-state index contributed by atoms with van der Waals surface area (Å²) < 4.78 is 24.4. The predicted molar refractivity (Wildman–Crippen MR) is 224 cm³/mol. The number of aryl methyl sites for hydroxylation is 1. The molecule has 0 radical (unpaired) electrons. The monoisotopic (exact) mass is 781 g/mol. The molecule has 0 aliphatic rings. The van der Waals surface area contributed by atoms with Crippen LogP contribution in [0.15, 0.2) is 53.3 Å². The van der Waals surface area contributed by atoms with Crippen LogP contribution in [0.2, 0.25) is 18.1 Å². The molecule has 4 N–H and O–H groups in total. The minimum atomic E-state index is -2.60. The number of fused-ring (bicyclic) bond motifs is 1. The average molecular weight is 782 g/mol. The zero-order valence-corrected chi connectivity index (χ0v) is 36.2. The number of amides is 1. The number of nitrogens with zero attached hydrogens (tertiary/aromatic N) is 1. The van der Waals surface area contributed by atoms with E-state index < -0.39 is 37.2 Å². The Morgan fingerprint density at radius 1 is 0.818 bits per heavy atom. The minimum absolute atomic E-state index is 0.0539. The van der Waals surface area contributed by atoms with Crippen molar-refractivity contribution in [2.75, 3.05) is 32.0 Å². The minimum Gasteiger partial charge on any atom is -0.465 e. The van der Waals surface area contributed by atoms with E-state index in [1.165, 1.54) is 16.5 Å². The van der Waals surface area contributed by atoms with Gasteiger partial charge in [-0.25, -0.2) is 9.59 Å². The van der Waals surface area contributed by atoms with Gasteiger partial charge in [0.25, 0.3) is 0 Å². The maximum atomic E-state index is 13.0. The molecule has 1 amide bonds. The van der Waals surface area contributed by atoms with Crippen molar-refractivity contribution in [1.29, 1.82) is 0 Å². The van der Waals surface area contributed by atoms with E-state index in [4.69, 9.17) is 24.4 Å². The van der Waals surface area contributed by atoms with Crippen molar-refractivity contribution < 1.29 is 33.3 Å². The van der Waals surface area contributed by atoms with Crippen LogP contribution < -0.4 is 16.0 Å². The molecule has 3 aromatic rings. The van der Waals surface area contributed by atoms with Gasteiger partial charge in [0, 0.05) is 36.9 Å². The van der Waals surface area contributed by atoms with Crippen molar-refractivity contribution in [2.24, 2.45) is 5.41 Å². The molecule has 306 valence electrons. The molecule has 0 saturated carbocycles. The van der Waals surface area contributed by atoms with Crippen LogP contribution in [0.3, 0.4) is 0 Å². The molecule has 0 saturated heterocycles. The first kappa shape index (κ1) is 45.5. The number of hydrogen-bond acceptors (Lipinski definition) is 8. The Hall–Kier alpha value is -3.87. The highest BCUT2D eigenvalue weighted by molar-refractivity contribution is 6.74. The number of H-pyrrole nitrogens is 1. The summed E-state index contributed by atoms with van der Waals surface area (Å²) in [5.74, 6) is 0.123. The fraction of sp³-hybridized carbons (Fsp3) is 0.605. The number of nitrogens with two attached hydrogens (primary N) is 1. The summed E-state index contributed by atoms with van der Waals surface area (Å²) in [6.45, 7) is 23.9. The number of aromatic amines is 1. The van der Waals surface area contributed by atoms with Gasteiger partial charge < -0.3 is 39.4 Å². The van der Waals surface area contributed by atoms with Gasteiger partial charge in [-0.1, -0.05) is 72.6 Å². The van der Waals surface area contributed by atoms with E-state index in [0.29, 0.717) is 36.0 Å². The number of nitrogen functional groups attached to an aromatic ring is 1. The number of rotatable bonds is 18. The Kier molecular flexibility index (Phi) is 15.6. The first-order chi connectivity index (χ1) is 25.5. The smallest absolute Gasteiger partial charge is 0.465 e. The number of pyridine rings is 1. The fourth-order valence-corrected chi connectivity index (χ4v) is 7.93. The number of benzene rings is 2. The maximum Gasteiger partial charge on any atom is 0.514 e. The molecule has 0 unspecified atom stereocenters. The van der Waals surface area contributed by atoms with E-state index in [1.54, 1.807) is 32.9 Å². The number of aromatic nitrogens is 1. The van der Waals surface area contributed by atoms with Gasteiger partial charge in [0.1, 0.15) is 11.2 Å². The lowest BCUT2D eigenvalue weighted by atomic mass is 9.70. The normalized spacial score (nSPS) is 13.7. The van der Waals surface area contributed by atoms with Crippen molar-refractivity contribution in [3.05, 3.63) is 70.0 Å². The molecule has 55 heavy (non-hydrogen) atoms. The molecule has 2 aromatic carbocycles. The zero-order valence-electron chi connectivity index (χ0n) is 35.2. The van der Waals surface area contributed by atoms with Crippen molar-refractivity contribution >= 4 is 37.2 Å². The number of carbonyl (C=O) groups is 2. The summed E-state index contributed by atoms with van der Waals surface area (Å²) in [6, 6.07) is 14.6. The zero-order chi connectivity index (χ0) is 41.2. The SMILES string of the molecule is CC(C)(C)OC(=O)Oc1ccc([C@](CN(CCCCCCOCCCCc2ccc(N)cc2)C(=O)O)(O[Si](C)(C)C(C)(C)C)C(C)(C)C)c2ccc(=O)[nH]c12. The molecule has 0 aliphatic heterocycles. The molecular formula is C43H67N3O8Si. The summed E-state index contributed by atoms with van der Waals surface area (Å²) in [4.78, 5) is 42.8. The fourth-order valence-electron chi connectivity index (χ4n) is 6.27. The maximum absolute atomic E-state index is 13.0. The number of hydrogen-bond donors (Lipinski definition) is 3. The Labute approximate surface area is 329 Å². The van der Waals surface area contributed by atoms with Crippen LogP contribution in [0.1, 0.15) is 112 Å². The van der Waals surface area contributed by atoms with Crippen LogP contribution in [0.25, 0.3) is 10.9 Å². The van der Waals surface area contributed by atoms with Gasteiger partial charge in [-0.15, -0.1) is 0 Å². The van der Waals surface area contributed by atoms with Gasteiger partial charge >= 0.3 is 12.2 Å². The third kappa shape index (κ3) is 13.1. The summed E-state index contributed by atoms with van der Waals surface area (Å²) in [5, 5.41) is 11.0.